The molecular formula is C16H31N2. The van der Waals surface area contributed by atoms with Crippen LogP contribution in [0.5, 0.6) is 0 Å². The summed E-state index contributed by atoms with van der Waals surface area (Å²) < 4.78 is 0. The van der Waals surface area contributed by atoms with Crippen molar-refractivity contribution in [2.45, 2.75) is 96.7 Å². The Hall–Kier alpha value is -0.0800. The summed E-state index contributed by atoms with van der Waals surface area (Å²) >= 11 is 0. The fourth-order valence-electron chi connectivity index (χ4n) is 3.18. The van der Waals surface area contributed by atoms with Crippen LogP contribution in [0.3, 0.4) is 0 Å². The molecule has 1 fully saturated rings. The van der Waals surface area contributed by atoms with Gasteiger partial charge >= 0.3 is 0 Å². The molecule has 105 valence electrons. The summed E-state index contributed by atoms with van der Waals surface area (Å²) in [4.78, 5) is 0. The molecule has 0 unspecified atom stereocenters. The molecule has 0 aromatic carbocycles. The smallest absolute Gasteiger partial charge is 0.0792 e. The lowest BCUT2D eigenvalue weighted by Crippen LogP contribution is -2.60. The van der Waals surface area contributed by atoms with Gasteiger partial charge in [-0.05, 0) is 47.0 Å². The first-order valence-electron chi connectivity index (χ1n) is 7.57. The molecule has 2 nitrogen and oxygen atoms in total. The Morgan fingerprint density at radius 1 is 1.06 bits per heavy atom. The van der Waals surface area contributed by atoms with Crippen LogP contribution in [-0.4, -0.2) is 17.1 Å². The first-order valence-corrected chi connectivity index (χ1v) is 7.57. The maximum absolute atomic E-state index is 4.68. The Labute approximate surface area is 114 Å². The van der Waals surface area contributed by atoms with Crippen molar-refractivity contribution in [3.8, 4) is 0 Å². The topological polar surface area (TPSA) is 26.1 Å². The van der Waals surface area contributed by atoms with Gasteiger partial charge in [-0.1, -0.05) is 32.6 Å². The molecule has 1 heterocycles. The van der Waals surface area contributed by atoms with Crippen LogP contribution in [-0.2, 0) is 0 Å². The normalized spacial score (nSPS) is 23.2. The van der Waals surface area contributed by atoms with E-state index in [9.17, 15) is 0 Å². The summed E-state index contributed by atoms with van der Waals surface area (Å²) in [5, 5.41) is 8.37. The molecule has 18 heavy (non-hydrogen) atoms. The molecule has 0 aromatic rings. The third-order valence-electron chi connectivity index (χ3n) is 3.58. The van der Waals surface area contributed by atoms with Crippen molar-refractivity contribution in [2.24, 2.45) is 0 Å². The number of hydrogen-bond acceptors (Lipinski definition) is 1. The molecule has 1 aliphatic rings. The summed E-state index contributed by atoms with van der Waals surface area (Å²) in [5.74, 6) is 0. The van der Waals surface area contributed by atoms with Crippen molar-refractivity contribution in [2.75, 3.05) is 0 Å². The van der Waals surface area contributed by atoms with Crippen LogP contribution in [0.4, 0.5) is 0 Å². The Morgan fingerprint density at radius 3 is 2.22 bits per heavy atom. The maximum Gasteiger partial charge on any atom is 0.0792 e. The van der Waals surface area contributed by atoms with Crippen LogP contribution < -0.4 is 10.6 Å². The second-order valence-electron chi connectivity index (χ2n) is 7.05. The lowest BCUT2D eigenvalue weighted by Gasteiger charge is -2.46. The summed E-state index contributed by atoms with van der Waals surface area (Å²) in [5.41, 5.74) is 0.389. The highest BCUT2D eigenvalue weighted by Crippen LogP contribution is 2.29. The number of nitrogens with zero attached hydrogens (tertiary/aromatic N) is 1. The molecular weight excluding hydrogens is 220 g/mol. The van der Waals surface area contributed by atoms with E-state index in [-0.39, 0.29) is 11.1 Å². The summed E-state index contributed by atoms with van der Waals surface area (Å²) in [6.07, 6.45) is 8.49. The van der Waals surface area contributed by atoms with E-state index < -0.39 is 0 Å². The summed E-state index contributed by atoms with van der Waals surface area (Å²) in [6.45, 7) is 14.6. The molecule has 1 saturated heterocycles. The molecule has 2 heteroatoms. The SMILES string of the molecule is CCCCCC[C][N]C1CC(C)(C)NC(C)(C)C1. The van der Waals surface area contributed by atoms with E-state index in [0.717, 1.165) is 19.3 Å². The third-order valence-corrected chi connectivity index (χ3v) is 3.58. The van der Waals surface area contributed by atoms with Crippen LogP contribution in [0.1, 0.15) is 79.6 Å². The molecule has 1 rings (SSSR count). The van der Waals surface area contributed by atoms with Gasteiger partial charge in [0.15, 0.2) is 0 Å². The van der Waals surface area contributed by atoms with Crippen LogP contribution in [0.25, 0.3) is 0 Å². The fourth-order valence-corrected chi connectivity index (χ4v) is 3.18. The van der Waals surface area contributed by atoms with Crippen molar-refractivity contribution >= 4 is 0 Å². The van der Waals surface area contributed by atoms with E-state index in [2.05, 4.69) is 51.8 Å². The van der Waals surface area contributed by atoms with Crippen molar-refractivity contribution < 1.29 is 0 Å². The zero-order valence-corrected chi connectivity index (χ0v) is 13.0. The fraction of sp³-hybridized carbons (Fsp3) is 0.938. The zero-order chi connectivity index (χ0) is 13.6. The van der Waals surface area contributed by atoms with E-state index in [0.29, 0.717) is 6.04 Å². The second-order valence-corrected chi connectivity index (χ2v) is 7.05. The highest BCUT2D eigenvalue weighted by molar-refractivity contribution is 4.99. The Bertz CT molecular complexity index is 217. The summed E-state index contributed by atoms with van der Waals surface area (Å²) in [7, 11) is 0. The van der Waals surface area contributed by atoms with E-state index >= 15 is 0 Å². The van der Waals surface area contributed by atoms with Crippen molar-refractivity contribution in [1.82, 2.24) is 10.6 Å². The highest BCUT2D eigenvalue weighted by Gasteiger charge is 2.37. The second kappa shape index (κ2) is 6.91. The Kier molecular flexibility index (Phi) is 6.13. The largest absolute Gasteiger partial charge is 0.307 e. The number of rotatable bonds is 7. The lowest BCUT2D eigenvalue weighted by atomic mass is 9.79. The quantitative estimate of drug-likeness (QED) is 0.682. The molecule has 0 aromatic heterocycles. The molecule has 1 N–H and O–H groups in total. The Morgan fingerprint density at radius 2 is 1.67 bits per heavy atom. The first-order chi connectivity index (χ1) is 8.35. The van der Waals surface area contributed by atoms with Gasteiger partial charge in [-0.25, -0.2) is 5.32 Å². The monoisotopic (exact) mass is 251 g/mol. The average molecular weight is 251 g/mol. The number of nitrogens with one attached hydrogen (secondary N) is 1. The predicted octanol–water partition coefficient (Wildman–Crippen LogP) is 3.91. The highest BCUT2D eigenvalue weighted by atomic mass is 15.1. The average Bonchev–Trinajstić information content (AvgIpc) is 2.18. The zero-order valence-electron chi connectivity index (χ0n) is 13.0. The maximum atomic E-state index is 4.68. The van der Waals surface area contributed by atoms with E-state index in [1.54, 1.807) is 0 Å². The molecule has 1 aliphatic heterocycles. The molecule has 0 saturated carbocycles. The van der Waals surface area contributed by atoms with Gasteiger partial charge in [-0.3, -0.25) is 0 Å². The molecule has 0 spiro atoms. The minimum atomic E-state index is 0.194. The Balaban J connectivity index is 2.21. The van der Waals surface area contributed by atoms with Gasteiger partial charge in [0.25, 0.3) is 0 Å². The molecule has 0 amide bonds. The number of hydrogen-bond donors (Lipinski definition) is 1. The number of unbranched alkanes of at least 4 members (excludes halogenated alkanes) is 4. The van der Waals surface area contributed by atoms with Gasteiger partial charge in [0.2, 0.25) is 0 Å². The van der Waals surface area contributed by atoms with Gasteiger partial charge in [-0.15, -0.1) is 0 Å². The van der Waals surface area contributed by atoms with Gasteiger partial charge < -0.3 is 5.32 Å². The minimum absolute atomic E-state index is 0.194. The van der Waals surface area contributed by atoms with Crippen LogP contribution >= 0.6 is 0 Å². The van der Waals surface area contributed by atoms with Crippen LogP contribution in [0.2, 0.25) is 0 Å². The standard InChI is InChI=1S/C16H31N2/c1-6-7-8-9-10-11-17-14-12-15(2,3)18-16(4,5)13-14/h14,18H,6-10,12-13H2,1-5H3. The predicted molar refractivity (Wildman–Crippen MR) is 78.5 cm³/mol. The minimum Gasteiger partial charge on any atom is -0.307 e. The van der Waals surface area contributed by atoms with E-state index in [1.165, 1.54) is 25.7 Å². The lowest BCUT2D eigenvalue weighted by molar-refractivity contribution is 0.148. The van der Waals surface area contributed by atoms with Gasteiger partial charge in [0.05, 0.1) is 6.54 Å². The van der Waals surface area contributed by atoms with Gasteiger partial charge in [-0.2, -0.15) is 0 Å². The van der Waals surface area contributed by atoms with Crippen molar-refractivity contribution in [1.29, 1.82) is 0 Å². The van der Waals surface area contributed by atoms with Gasteiger partial charge in [0.1, 0.15) is 0 Å². The van der Waals surface area contributed by atoms with Gasteiger partial charge in [0, 0.05) is 17.1 Å². The molecule has 3 radical (unpaired) electrons. The van der Waals surface area contributed by atoms with Crippen molar-refractivity contribution in [3.63, 3.8) is 0 Å². The van der Waals surface area contributed by atoms with E-state index in [1.807, 2.05) is 0 Å². The van der Waals surface area contributed by atoms with Crippen molar-refractivity contribution in [3.05, 3.63) is 6.54 Å². The third kappa shape index (κ3) is 6.19. The number of piperidine rings is 1. The first kappa shape index (κ1) is 16.0. The molecule has 0 atom stereocenters. The van der Waals surface area contributed by atoms with E-state index in [4.69, 9.17) is 0 Å². The van der Waals surface area contributed by atoms with Crippen LogP contribution in [0.15, 0.2) is 0 Å². The molecule has 0 aliphatic carbocycles. The van der Waals surface area contributed by atoms with Crippen LogP contribution in [0, 0.1) is 6.54 Å². The molecule has 0 bridgehead atoms. The summed E-state index contributed by atoms with van der Waals surface area (Å²) in [6, 6.07) is 0.447.